The molecule has 0 saturated heterocycles. The first-order valence-corrected chi connectivity index (χ1v) is 6.87. The Morgan fingerprint density at radius 2 is 1.89 bits per heavy atom. The second kappa shape index (κ2) is 6.15. The Hall–Kier alpha value is -1.42. The highest BCUT2D eigenvalue weighted by Gasteiger charge is 2.20. The van der Waals surface area contributed by atoms with Crippen molar-refractivity contribution >= 4 is 5.69 Å². The first kappa shape index (κ1) is 14.0. The van der Waals surface area contributed by atoms with Crippen molar-refractivity contribution in [1.29, 1.82) is 0 Å². The normalized spacial score (nSPS) is 16.1. The zero-order valence-corrected chi connectivity index (χ0v) is 11.9. The van der Waals surface area contributed by atoms with Gasteiger partial charge in [0.25, 0.3) is 0 Å². The molecule has 0 saturated carbocycles. The molecular formula is C15H23NO3. The lowest BCUT2D eigenvalue weighted by Crippen LogP contribution is -2.38. The molecule has 4 nitrogen and oxygen atoms in total. The summed E-state index contributed by atoms with van der Waals surface area (Å²) < 4.78 is 11.3. The molecule has 1 unspecified atom stereocenters. The van der Waals surface area contributed by atoms with E-state index in [-0.39, 0.29) is 12.6 Å². The lowest BCUT2D eigenvalue weighted by Gasteiger charge is -2.31. The van der Waals surface area contributed by atoms with Crippen molar-refractivity contribution in [3.05, 3.63) is 18.2 Å². The maximum absolute atomic E-state index is 9.51. The average Bonchev–Trinajstić information content (AvgIpc) is 2.63. The number of aliphatic hydroxyl groups is 1. The lowest BCUT2D eigenvalue weighted by molar-refractivity contribution is 0.234. The van der Waals surface area contributed by atoms with E-state index in [1.807, 2.05) is 25.2 Å². The van der Waals surface area contributed by atoms with E-state index in [1.165, 1.54) is 0 Å². The molecule has 0 bridgehead atoms. The van der Waals surface area contributed by atoms with Crippen LogP contribution in [0.1, 0.15) is 20.3 Å². The Labute approximate surface area is 114 Å². The Kier molecular flexibility index (Phi) is 4.53. The summed E-state index contributed by atoms with van der Waals surface area (Å²) in [6.07, 6.45) is 0.908. The van der Waals surface area contributed by atoms with Crippen molar-refractivity contribution in [2.45, 2.75) is 26.3 Å². The Bertz CT molecular complexity index is 420. The average molecular weight is 265 g/mol. The SMILES string of the molecule is CC(C)C(CO)N(C)c1ccc2c(c1)OCCCO2. The van der Waals surface area contributed by atoms with Crippen LogP contribution < -0.4 is 14.4 Å². The minimum Gasteiger partial charge on any atom is -0.490 e. The zero-order valence-electron chi connectivity index (χ0n) is 11.9. The van der Waals surface area contributed by atoms with Gasteiger partial charge in [-0.1, -0.05) is 13.8 Å². The molecule has 19 heavy (non-hydrogen) atoms. The molecule has 0 aromatic heterocycles. The van der Waals surface area contributed by atoms with Crippen LogP contribution in [0, 0.1) is 5.92 Å². The number of benzene rings is 1. The zero-order chi connectivity index (χ0) is 13.8. The number of fused-ring (bicyclic) bond motifs is 1. The molecule has 0 amide bonds. The first-order chi connectivity index (χ1) is 9.13. The fourth-order valence-corrected chi connectivity index (χ4v) is 2.34. The van der Waals surface area contributed by atoms with E-state index in [9.17, 15) is 5.11 Å². The summed E-state index contributed by atoms with van der Waals surface area (Å²) in [5.74, 6) is 1.98. The Balaban J connectivity index is 2.23. The van der Waals surface area contributed by atoms with E-state index in [0.29, 0.717) is 19.1 Å². The van der Waals surface area contributed by atoms with E-state index >= 15 is 0 Å². The van der Waals surface area contributed by atoms with Gasteiger partial charge in [0.05, 0.1) is 25.9 Å². The van der Waals surface area contributed by atoms with Crippen LogP contribution in [0.2, 0.25) is 0 Å². The van der Waals surface area contributed by atoms with Gasteiger partial charge in [-0.05, 0) is 18.1 Å². The van der Waals surface area contributed by atoms with Crippen LogP contribution in [0.25, 0.3) is 0 Å². The highest BCUT2D eigenvalue weighted by atomic mass is 16.5. The third kappa shape index (κ3) is 3.13. The van der Waals surface area contributed by atoms with Crippen LogP contribution in [0.3, 0.4) is 0 Å². The molecule has 1 aliphatic heterocycles. The summed E-state index contributed by atoms with van der Waals surface area (Å²) in [6.45, 7) is 5.75. The molecule has 1 atom stereocenters. The van der Waals surface area contributed by atoms with E-state index in [2.05, 4.69) is 18.7 Å². The number of nitrogens with zero attached hydrogens (tertiary/aromatic N) is 1. The molecule has 1 N–H and O–H groups in total. The molecule has 0 aliphatic carbocycles. The van der Waals surface area contributed by atoms with Gasteiger partial charge in [-0.25, -0.2) is 0 Å². The van der Waals surface area contributed by atoms with E-state index in [4.69, 9.17) is 9.47 Å². The van der Waals surface area contributed by atoms with Crippen molar-refractivity contribution in [1.82, 2.24) is 0 Å². The van der Waals surface area contributed by atoms with Crippen LogP contribution in [0.5, 0.6) is 11.5 Å². The topological polar surface area (TPSA) is 41.9 Å². The number of anilines is 1. The summed E-state index contributed by atoms with van der Waals surface area (Å²) in [7, 11) is 2.00. The van der Waals surface area contributed by atoms with Gasteiger partial charge in [-0.3, -0.25) is 0 Å². The van der Waals surface area contributed by atoms with Crippen LogP contribution >= 0.6 is 0 Å². The minimum absolute atomic E-state index is 0.102. The molecule has 1 heterocycles. The first-order valence-electron chi connectivity index (χ1n) is 6.87. The van der Waals surface area contributed by atoms with Crippen LogP contribution in [0.15, 0.2) is 18.2 Å². The minimum atomic E-state index is 0.102. The Morgan fingerprint density at radius 3 is 2.53 bits per heavy atom. The molecule has 4 heteroatoms. The maximum Gasteiger partial charge on any atom is 0.163 e. The number of ether oxygens (including phenoxy) is 2. The summed E-state index contributed by atoms with van der Waals surface area (Å²) in [5.41, 5.74) is 1.04. The number of likely N-dealkylation sites (N-methyl/N-ethyl adjacent to an activating group) is 1. The molecule has 1 aromatic carbocycles. The summed E-state index contributed by atoms with van der Waals surface area (Å²) >= 11 is 0. The smallest absolute Gasteiger partial charge is 0.163 e. The molecule has 106 valence electrons. The lowest BCUT2D eigenvalue weighted by atomic mass is 10.0. The number of hydrogen-bond donors (Lipinski definition) is 1. The molecule has 0 radical (unpaired) electrons. The van der Waals surface area contributed by atoms with Gasteiger partial charge in [0.2, 0.25) is 0 Å². The standard InChI is InChI=1S/C15H23NO3/c1-11(2)13(10-17)16(3)12-5-6-14-15(9-12)19-8-4-7-18-14/h5-6,9,11,13,17H,4,7-8,10H2,1-3H3. The molecule has 1 aromatic rings. The fourth-order valence-electron chi connectivity index (χ4n) is 2.34. The summed E-state index contributed by atoms with van der Waals surface area (Å²) in [4.78, 5) is 2.10. The third-order valence-corrected chi connectivity index (χ3v) is 3.59. The number of rotatable bonds is 4. The van der Waals surface area contributed by atoms with Crippen LogP contribution in [-0.4, -0.2) is 38.0 Å². The largest absolute Gasteiger partial charge is 0.490 e. The van der Waals surface area contributed by atoms with Gasteiger partial charge in [0.15, 0.2) is 11.5 Å². The van der Waals surface area contributed by atoms with Crippen molar-refractivity contribution in [2.24, 2.45) is 5.92 Å². The highest BCUT2D eigenvalue weighted by Crippen LogP contribution is 2.34. The van der Waals surface area contributed by atoms with Crippen LogP contribution in [0.4, 0.5) is 5.69 Å². The quantitative estimate of drug-likeness (QED) is 0.907. The van der Waals surface area contributed by atoms with E-state index < -0.39 is 0 Å². The van der Waals surface area contributed by atoms with Gasteiger partial charge in [-0.2, -0.15) is 0 Å². The molecule has 0 fully saturated rings. The van der Waals surface area contributed by atoms with Crippen molar-refractivity contribution in [2.75, 3.05) is 31.8 Å². The van der Waals surface area contributed by atoms with E-state index in [1.54, 1.807) is 0 Å². The van der Waals surface area contributed by atoms with Gasteiger partial charge in [-0.15, -0.1) is 0 Å². The second-order valence-corrected chi connectivity index (χ2v) is 5.29. The maximum atomic E-state index is 9.51. The highest BCUT2D eigenvalue weighted by molar-refractivity contribution is 5.56. The molecular weight excluding hydrogens is 242 g/mol. The fraction of sp³-hybridized carbons (Fsp3) is 0.600. The van der Waals surface area contributed by atoms with Gasteiger partial charge in [0, 0.05) is 25.2 Å². The van der Waals surface area contributed by atoms with Gasteiger partial charge in [0.1, 0.15) is 0 Å². The summed E-state index contributed by atoms with van der Waals surface area (Å²) in [6, 6.07) is 6.05. The summed E-state index contributed by atoms with van der Waals surface area (Å²) in [5, 5.41) is 9.51. The van der Waals surface area contributed by atoms with Crippen LogP contribution in [-0.2, 0) is 0 Å². The molecule has 1 aliphatic rings. The second-order valence-electron chi connectivity index (χ2n) is 5.29. The van der Waals surface area contributed by atoms with Crippen molar-refractivity contribution in [3.63, 3.8) is 0 Å². The monoisotopic (exact) mass is 265 g/mol. The number of hydrogen-bond acceptors (Lipinski definition) is 4. The molecule has 0 spiro atoms. The third-order valence-electron chi connectivity index (χ3n) is 3.59. The predicted octanol–water partition coefficient (Wildman–Crippen LogP) is 2.30. The van der Waals surface area contributed by atoms with Gasteiger partial charge < -0.3 is 19.5 Å². The predicted molar refractivity (Wildman–Crippen MR) is 76.2 cm³/mol. The van der Waals surface area contributed by atoms with Crippen molar-refractivity contribution in [3.8, 4) is 11.5 Å². The van der Waals surface area contributed by atoms with Gasteiger partial charge >= 0.3 is 0 Å². The molecule has 2 rings (SSSR count). The van der Waals surface area contributed by atoms with Crippen molar-refractivity contribution < 1.29 is 14.6 Å². The van der Waals surface area contributed by atoms with E-state index in [0.717, 1.165) is 23.6 Å². The number of aliphatic hydroxyl groups excluding tert-OH is 1. The Morgan fingerprint density at radius 1 is 1.21 bits per heavy atom.